The number of ether oxygens (including phenoxy) is 1. The standard InChI is InChI=1S/C20H20N2O2S/c1-13-8-9-16(14(2)10-13)17-12-25-20(21-17)22-19(23)11-15-6-4-5-7-18(15)24-3/h4-10,12H,11H2,1-3H3,(H,21,22,23). The van der Waals surface area contributed by atoms with Crippen LogP contribution in [0, 0.1) is 13.8 Å². The molecule has 5 heteroatoms. The van der Waals surface area contributed by atoms with Gasteiger partial charge in [-0.15, -0.1) is 11.3 Å². The summed E-state index contributed by atoms with van der Waals surface area (Å²) in [6.45, 7) is 4.14. The number of para-hydroxylation sites is 1. The Kier molecular flexibility index (Phi) is 5.14. The van der Waals surface area contributed by atoms with Crippen molar-refractivity contribution < 1.29 is 9.53 Å². The largest absolute Gasteiger partial charge is 0.496 e. The number of methoxy groups -OCH3 is 1. The second-order valence-electron chi connectivity index (χ2n) is 5.89. The molecule has 1 heterocycles. The van der Waals surface area contributed by atoms with Gasteiger partial charge in [-0.05, 0) is 25.5 Å². The maximum atomic E-state index is 12.3. The Bertz CT molecular complexity index is 902. The minimum Gasteiger partial charge on any atom is -0.496 e. The van der Waals surface area contributed by atoms with Crippen LogP contribution in [0.1, 0.15) is 16.7 Å². The Morgan fingerprint density at radius 2 is 2.00 bits per heavy atom. The van der Waals surface area contributed by atoms with Crippen molar-refractivity contribution in [1.29, 1.82) is 0 Å². The van der Waals surface area contributed by atoms with Gasteiger partial charge >= 0.3 is 0 Å². The third-order valence-corrected chi connectivity index (χ3v) is 4.71. The summed E-state index contributed by atoms with van der Waals surface area (Å²) in [6.07, 6.45) is 0.252. The van der Waals surface area contributed by atoms with Crippen molar-refractivity contribution in [3.8, 4) is 17.0 Å². The first-order valence-corrected chi connectivity index (χ1v) is 8.89. The number of anilines is 1. The topological polar surface area (TPSA) is 51.2 Å². The van der Waals surface area contributed by atoms with Crippen LogP contribution in [0.15, 0.2) is 47.8 Å². The predicted molar refractivity (Wildman–Crippen MR) is 102 cm³/mol. The molecule has 0 fully saturated rings. The Morgan fingerprint density at radius 1 is 1.20 bits per heavy atom. The number of thiazole rings is 1. The Labute approximate surface area is 151 Å². The number of carbonyl (C=O) groups excluding carboxylic acids is 1. The average Bonchev–Trinajstić information content (AvgIpc) is 3.03. The van der Waals surface area contributed by atoms with E-state index in [4.69, 9.17) is 4.74 Å². The van der Waals surface area contributed by atoms with Crippen molar-refractivity contribution in [2.75, 3.05) is 12.4 Å². The lowest BCUT2D eigenvalue weighted by Crippen LogP contribution is -2.14. The zero-order chi connectivity index (χ0) is 17.8. The fourth-order valence-corrected chi connectivity index (χ4v) is 3.47. The molecule has 0 unspecified atom stereocenters. The maximum absolute atomic E-state index is 12.3. The van der Waals surface area contributed by atoms with Gasteiger partial charge in [0.25, 0.3) is 0 Å². The van der Waals surface area contributed by atoms with Crippen molar-refractivity contribution in [3.05, 3.63) is 64.5 Å². The summed E-state index contributed by atoms with van der Waals surface area (Å²) in [4.78, 5) is 16.9. The van der Waals surface area contributed by atoms with E-state index in [0.717, 1.165) is 16.8 Å². The van der Waals surface area contributed by atoms with E-state index < -0.39 is 0 Å². The van der Waals surface area contributed by atoms with Crippen LogP contribution in [0.25, 0.3) is 11.3 Å². The van der Waals surface area contributed by atoms with Gasteiger partial charge in [-0.3, -0.25) is 4.79 Å². The predicted octanol–water partition coefficient (Wildman–Crippen LogP) is 4.62. The summed E-state index contributed by atoms with van der Waals surface area (Å²) >= 11 is 1.43. The van der Waals surface area contributed by atoms with Crippen LogP contribution in [-0.4, -0.2) is 18.0 Å². The lowest BCUT2D eigenvalue weighted by molar-refractivity contribution is -0.115. The van der Waals surface area contributed by atoms with E-state index in [-0.39, 0.29) is 12.3 Å². The van der Waals surface area contributed by atoms with Gasteiger partial charge in [-0.25, -0.2) is 4.98 Å². The highest BCUT2D eigenvalue weighted by molar-refractivity contribution is 7.14. The first kappa shape index (κ1) is 17.2. The number of benzene rings is 2. The average molecular weight is 352 g/mol. The third-order valence-electron chi connectivity index (χ3n) is 3.95. The number of nitrogens with one attached hydrogen (secondary N) is 1. The molecule has 1 N–H and O–H groups in total. The van der Waals surface area contributed by atoms with Crippen molar-refractivity contribution in [2.45, 2.75) is 20.3 Å². The van der Waals surface area contributed by atoms with Crippen molar-refractivity contribution in [2.24, 2.45) is 0 Å². The number of amides is 1. The molecule has 0 bridgehead atoms. The highest BCUT2D eigenvalue weighted by Gasteiger charge is 2.12. The van der Waals surface area contributed by atoms with Crippen LogP contribution in [-0.2, 0) is 11.2 Å². The molecule has 0 radical (unpaired) electrons. The Morgan fingerprint density at radius 3 is 2.76 bits per heavy atom. The molecule has 0 aliphatic heterocycles. The van der Waals surface area contributed by atoms with Gasteiger partial charge in [0.2, 0.25) is 5.91 Å². The molecule has 1 aromatic heterocycles. The van der Waals surface area contributed by atoms with Gasteiger partial charge in [0.05, 0.1) is 19.2 Å². The van der Waals surface area contributed by atoms with Crippen LogP contribution < -0.4 is 10.1 Å². The molecule has 0 spiro atoms. The van der Waals surface area contributed by atoms with E-state index in [1.807, 2.05) is 29.6 Å². The van der Waals surface area contributed by atoms with Crippen LogP contribution in [0.5, 0.6) is 5.75 Å². The van der Waals surface area contributed by atoms with Gasteiger partial charge < -0.3 is 10.1 Å². The van der Waals surface area contributed by atoms with Crippen molar-refractivity contribution >= 4 is 22.4 Å². The lowest BCUT2D eigenvalue weighted by atomic mass is 10.0. The number of rotatable bonds is 5. The number of hydrogen-bond donors (Lipinski definition) is 1. The quantitative estimate of drug-likeness (QED) is 0.729. The van der Waals surface area contributed by atoms with Gasteiger partial charge in [-0.1, -0.05) is 42.0 Å². The summed E-state index contributed by atoms with van der Waals surface area (Å²) in [6, 6.07) is 13.8. The number of aromatic nitrogens is 1. The van der Waals surface area contributed by atoms with E-state index in [0.29, 0.717) is 10.9 Å². The van der Waals surface area contributed by atoms with Gasteiger partial charge in [0.1, 0.15) is 5.75 Å². The molecule has 3 rings (SSSR count). The highest BCUT2D eigenvalue weighted by atomic mass is 32.1. The molecular formula is C20H20N2O2S. The van der Waals surface area contributed by atoms with Crippen LogP contribution in [0.2, 0.25) is 0 Å². The first-order chi connectivity index (χ1) is 12.1. The Balaban J connectivity index is 1.72. The van der Waals surface area contributed by atoms with E-state index in [9.17, 15) is 4.79 Å². The molecule has 0 saturated carbocycles. The number of carbonyl (C=O) groups is 1. The molecule has 4 nitrogen and oxygen atoms in total. The molecule has 0 aliphatic carbocycles. The van der Waals surface area contributed by atoms with Crippen molar-refractivity contribution in [1.82, 2.24) is 4.98 Å². The van der Waals surface area contributed by atoms with E-state index in [2.05, 4.69) is 42.3 Å². The van der Waals surface area contributed by atoms with Crippen LogP contribution in [0.3, 0.4) is 0 Å². The minimum atomic E-state index is -0.106. The molecule has 2 aromatic carbocycles. The van der Waals surface area contributed by atoms with Gasteiger partial charge in [-0.2, -0.15) is 0 Å². The summed E-state index contributed by atoms with van der Waals surface area (Å²) < 4.78 is 5.29. The second-order valence-corrected chi connectivity index (χ2v) is 6.75. The first-order valence-electron chi connectivity index (χ1n) is 8.01. The Hall–Kier alpha value is -2.66. The summed E-state index contributed by atoms with van der Waals surface area (Å²) in [5, 5.41) is 5.45. The molecule has 1 amide bonds. The van der Waals surface area contributed by atoms with Gasteiger partial charge in [0, 0.05) is 16.5 Å². The number of aryl methyl sites for hydroxylation is 2. The molecule has 0 aliphatic rings. The normalized spacial score (nSPS) is 10.5. The van der Waals surface area contributed by atoms with Crippen LogP contribution in [0.4, 0.5) is 5.13 Å². The highest BCUT2D eigenvalue weighted by Crippen LogP contribution is 2.28. The lowest BCUT2D eigenvalue weighted by Gasteiger charge is -2.07. The third kappa shape index (κ3) is 4.06. The van der Waals surface area contributed by atoms with Crippen LogP contribution >= 0.6 is 11.3 Å². The molecule has 0 atom stereocenters. The second kappa shape index (κ2) is 7.49. The zero-order valence-corrected chi connectivity index (χ0v) is 15.3. The van der Waals surface area contributed by atoms with E-state index in [1.54, 1.807) is 7.11 Å². The molecular weight excluding hydrogens is 332 g/mol. The molecule has 0 saturated heterocycles. The molecule has 128 valence electrons. The molecule has 25 heavy (non-hydrogen) atoms. The minimum absolute atomic E-state index is 0.106. The van der Waals surface area contributed by atoms with Gasteiger partial charge in [0.15, 0.2) is 5.13 Å². The smallest absolute Gasteiger partial charge is 0.230 e. The summed E-state index contributed by atoms with van der Waals surface area (Å²) in [7, 11) is 1.60. The van der Waals surface area contributed by atoms with E-state index in [1.165, 1.54) is 22.5 Å². The number of hydrogen-bond acceptors (Lipinski definition) is 4. The zero-order valence-electron chi connectivity index (χ0n) is 14.5. The SMILES string of the molecule is COc1ccccc1CC(=O)Nc1nc(-c2ccc(C)cc2C)cs1. The molecule has 3 aromatic rings. The summed E-state index contributed by atoms with van der Waals surface area (Å²) in [5.41, 5.74) is 5.23. The summed E-state index contributed by atoms with van der Waals surface area (Å²) in [5.74, 6) is 0.610. The van der Waals surface area contributed by atoms with Crippen molar-refractivity contribution in [3.63, 3.8) is 0 Å². The fourth-order valence-electron chi connectivity index (χ4n) is 2.74. The number of nitrogens with zero attached hydrogens (tertiary/aromatic N) is 1. The maximum Gasteiger partial charge on any atom is 0.230 e. The van der Waals surface area contributed by atoms with E-state index >= 15 is 0 Å². The monoisotopic (exact) mass is 352 g/mol. The fraction of sp³-hybridized carbons (Fsp3) is 0.200.